The van der Waals surface area contributed by atoms with Crippen LogP contribution in [-0.2, 0) is 11.3 Å². The second-order valence-corrected chi connectivity index (χ2v) is 10.0. The summed E-state index contributed by atoms with van der Waals surface area (Å²) in [6.07, 6.45) is 1.82. The monoisotopic (exact) mass is 601 g/mol. The third-order valence-electron chi connectivity index (χ3n) is 6.68. The molecule has 2 amide bonds. The lowest BCUT2D eigenvalue weighted by Gasteiger charge is -2.19. The Morgan fingerprint density at radius 1 is 0.955 bits per heavy atom. The summed E-state index contributed by atoms with van der Waals surface area (Å²) in [5.74, 6) is -3.47. The van der Waals surface area contributed by atoms with Gasteiger partial charge >= 0.3 is 11.9 Å². The average Bonchev–Trinajstić information content (AvgIpc) is 2.98. The number of nitrogens with two attached hydrogens (primary N) is 2. The molecule has 0 saturated carbocycles. The first kappa shape index (κ1) is 31.1. The van der Waals surface area contributed by atoms with Crippen LogP contribution < -0.4 is 27.0 Å². The van der Waals surface area contributed by atoms with Crippen molar-refractivity contribution >= 4 is 52.4 Å². The average molecular weight is 602 g/mol. The molecule has 0 aliphatic heterocycles. The first-order valence-electron chi connectivity index (χ1n) is 13.4. The number of hydrogen-bond donors (Lipinski definition) is 6. The van der Waals surface area contributed by atoms with E-state index in [-0.39, 0.29) is 53.5 Å². The van der Waals surface area contributed by atoms with Crippen LogP contribution in [0, 0.1) is 6.92 Å². The molecule has 0 saturated heterocycles. The summed E-state index contributed by atoms with van der Waals surface area (Å²) in [7, 11) is 1.82. The third kappa shape index (κ3) is 7.50. The Labute approximate surface area is 251 Å². The number of carbonyl (C=O) groups excluding carboxylic acids is 2. The summed E-state index contributed by atoms with van der Waals surface area (Å²) >= 11 is 0. The highest BCUT2D eigenvalue weighted by Gasteiger charge is 2.21. The van der Waals surface area contributed by atoms with Crippen molar-refractivity contribution in [1.29, 1.82) is 0 Å². The summed E-state index contributed by atoms with van der Waals surface area (Å²) in [6, 6.07) is 9.83. The van der Waals surface area contributed by atoms with Crippen LogP contribution in [0.2, 0.25) is 0 Å². The Kier molecular flexibility index (Phi) is 9.47. The van der Waals surface area contributed by atoms with E-state index >= 15 is 0 Å². The number of aliphatic carboxylic acids is 1. The number of aromatic nitrogens is 4. The molecule has 15 heteroatoms. The Morgan fingerprint density at radius 3 is 2.36 bits per heavy atom. The van der Waals surface area contributed by atoms with Gasteiger partial charge in [0.1, 0.15) is 6.04 Å². The maximum atomic E-state index is 12.8. The highest BCUT2D eigenvalue weighted by atomic mass is 16.4. The van der Waals surface area contributed by atoms with E-state index in [2.05, 4.69) is 30.6 Å². The van der Waals surface area contributed by atoms with Crippen LogP contribution in [0.5, 0.6) is 0 Å². The van der Waals surface area contributed by atoms with Crippen molar-refractivity contribution in [2.75, 3.05) is 30.0 Å². The smallest absolute Gasteiger partial charge is 0.336 e. The lowest BCUT2D eigenvalue weighted by atomic mass is 10.0. The molecule has 4 rings (SSSR count). The molecule has 0 spiro atoms. The molecule has 0 bridgehead atoms. The van der Waals surface area contributed by atoms with Gasteiger partial charge in [0.25, 0.3) is 11.8 Å². The number of amides is 2. The van der Waals surface area contributed by atoms with Gasteiger partial charge in [0.2, 0.25) is 5.95 Å². The van der Waals surface area contributed by atoms with Gasteiger partial charge in [-0.1, -0.05) is 11.6 Å². The fourth-order valence-electron chi connectivity index (χ4n) is 4.40. The molecule has 2 heterocycles. The van der Waals surface area contributed by atoms with E-state index in [0.717, 1.165) is 5.69 Å². The fraction of sp³-hybridized carbons (Fsp3) is 0.241. The highest BCUT2D eigenvalue weighted by molar-refractivity contribution is 6.05. The van der Waals surface area contributed by atoms with Crippen LogP contribution in [0.1, 0.15) is 55.2 Å². The minimum atomic E-state index is -1.22. The lowest BCUT2D eigenvalue weighted by molar-refractivity contribution is -0.139. The minimum absolute atomic E-state index is 0.00738. The number of carboxylic acids is 2. The quantitative estimate of drug-likeness (QED) is 0.127. The molecule has 44 heavy (non-hydrogen) atoms. The van der Waals surface area contributed by atoms with Crippen molar-refractivity contribution in [3.63, 3.8) is 0 Å². The van der Waals surface area contributed by atoms with E-state index in [1.165, 1.54) is 12.1 Å². The predicted molar refractivity (Wildman–Crippen MR) is 161 cm³/mol. The summed E-state index contributed by atoms with van der Waals surface area (Å²) in [5, 5.41) is 24.1. The number of nitrogens with zero attached hydrogens (tertiary/aromatic N) is 5. The number of fused-ring (bicyclic) bond motifs is 1. The Bertz CT molecular complexity index is 1730. The van der Waals surface area contributed by atoms with Crippen LogP contribution >= 0.6 is 0 Å². The van der Waals surface area contributed by atoms with E-state index in [4.69, 9.17) is 11.5 Å². The SMILES string of the molecule is Cc1ccc(C(=O)NCCC[C@H](NC(=O)c2ccc(N(C)Cc3cnc4nc(N)nc(N)c4n3)cc2)C(=O)O)c(C(=O)O)c1. The topological polar surface area (TPSA) is 240 Å². The molecule has 1 atom stereocenters. The number of carboxylic acid groups (broad SMARTS) is 2. The van der Waals surface area contributed by atoms with E-state index in [0.29, 0.717) is 23.3 Å². The zero-order chi connectivity index (χ0) is 32.0. The molecule has 4 aromatic rings. The number of rotatable bonds is 12. The molecule has 8 N–H and O–H groups in total. The number of anilines is 3. The maximum absolute atomic E-state index is 12.8. The van der Waals surface area contributed by atoms with Crippen LogP contribution in [0.3, 0.4) is 0 Å². The molecule has 0 radical (unpaired) electrons. The number of carbonyl (C=O) groups is 4. The second kappa shape index (κ2) is 13.4. The minimum Gasteiger partial charge on any atom is -0.480 e. The standard InChI is InChI=1S/C29H31N9O6/c1-15-5-10-19(20(12-15)27(41)42)26(40)32-11-3-4-21(28(43)44)35-25(39)16-6-8-18(9-7-16)38(2)14-17-13-33-24-22(34-17)23(30)36-29(31)37-24/h5-10,12-13,21H,3-4,11,14H2,1-2H3,(H,32,40)(H,35,39)(H,41,42)(H,43,44)(H4,30,31,33,36,37)/t21-/m0/s1. The van der Waals surface area contributed by atoms with Gasteiger partial charge in [-0.15, -0.1) is 0 Å². The van der Waals surface area contributed by atoms with Gasteiger partial charge < -0.3 is 37.2 Å². The third-order valence-corrected chi connectivity index (χ3v) is 6.68. The first-order chi connectivity index (χ1) is 20.9. The van der Waals surface area contributed by atoms with E-state index in [1.807, 2.05) is 11.9 Å². The lowest BCUT2D eigenvalue weighted by Crippen LogP contribution is -2.41. The summed E-state index contributed by atoms with van der Waals surface area (Å²) < 4.78 is 0. The molecule has 0 aliphatic rings. The van der Waals surface area contributed by atoms with E-state index < -0.39 is 29.8 Å². The van der Waals surface area contributed by atoms with Crippen LogP contribution in [0.15, 0.2) is 48.7 Å². The van der Waals surface area contributed by atoms with Crippen molar-refractivity contribution in [2.24, 2.45) is 0 Å². The fourth-order valence-corrected chi connectivity index (χ4v) is 4.40. The molecule has 0 fully saturated rings. The predicted octanol–water partition coefficient (Wildman–Crippen LogP) is 1.62. The van der Waals surface area contributed by atoms with Gasteiger partial charge in [-0.3, -0.25) is 9.59 Å². The summed E-state index contributed by atoms with van der Waals surface area (Å²) in [4.78, 5) is 67.1. The van der Waals surface area contributed by atoms with Gasteiger partial charge in [-0.2, -0.15) is 9.97 Å². The number of aryl methyl sites for hydroxylation is 1. The van der Waals surface area contributed by atoms with Crippen molar-refractivity contribution in [3.8, 4) is 0 Å². The molecule has 228 valence electrons. The Balaban J connectivity index is 1.30. The van der Waals surface area contributed by atoms with Crippen molar-refractivity contribution in [2.45, 2.75) is 32.4 Å². The molecule has 2 aromatic heterocycles. The molecule has 15 nitrogen and oxygen atoms in total. The van der Waals surface area contributed by atoms with Crippen molar-refractivity contribution in [3.05, 3.63) is 76.6 Å². The number of nitrogen functional groups attached to an aromatic ring is 2. The van der Waals surface area contributed by atoms with Crippen LogP contribution in [0.4, 0.5) is 17.5 Å². The first-order valence-corrected chi connectivity index (χ1v) is 13.4. The second-order valence-electron chi connectivity index (χ2n) is 10.0. The van der Waals surface area contributed by atoms with E-state index in [1.54, 1.807) is 43.5 Å². The van der Waals surface area contributed by atoms with Gasteiger partial charge in [0.05, 0.1) is 29.6 Å². The van der Waals surface area contributed by atoms with Crippen LogP contribution in [-0.4, -0.2) is 73.5 Å². The Morgan fingerprint density at radius 2 is 1.68 bits per heavy atom. The van der Waals surface area contributed by atoms with Gasteiger partial charge in [-0.05, 0) is 56.2 Å². The van der Waals surface area contributed by atoms with Crippen LogP contribution in [0.25, 0.3) is 11.2 Å². The van der Waals surface area contributed by atoms with E-state index in [9.17, 15) is 29.4 Å². The summed E-state index contributed by atoms with van der Waals surface area (Å²) in [6.45, 7) is 2.16. The number of aromatic carboxylic acids is 1. The van der Waals surface area contributed by atoms with Gasteiger partial charge in [0, 0.05) is 24.8 Å². The number of nitrogens with one attached hydrogen (secondary N) is 2. The molecular weight excluding hydrogens is 570 g/mol. The summed E-state index contributed by atoms with van der Waals surface area (Å²) in [5.41, 5.74) is 14.3. The zero-order valence-electron chi connectivity index (χ0n) is 23.9. The zero-order valence-corrected chi connectivity index (χ0v) is 23.9. The van der Waals surface area contributed by atoms with Gasteiger partial charge in [0.15, 0.2) is 17.0 Å². The largest absolute Gasteiger partial charge is 0.480 e. The van der Waals surface area contributed by atoms with Gasteiger partial charge in [-0.25, -0.2) is 19.6 Å². The molecule has 2 aromatic carbocycles. The molecule has 0 unspecified atom stereocenters. The number of benzene rings is 2. The van der Waals surface area contributed by atoms with Crippen molar-refractivity contribution < 1.29 is 29.4 Å². The number of hydrogen-bond acceptors (Lipinski definition) is 11. The van der Waals surface area contributed by atoms with Crippen molar-refractivity contribution in [1.82, 2.24) is 30.6 Å². The molecular formula is C29H31N9O6. The Hall–Kier alpha value is -5.86. The molecule has 0 aliphatic carbocycles. The maximum Gasteiger partial charge on any atom is 0.336 e. The normalized spacial score (nSPS) is 11.5. The highest BCUT2D eigenvalue weighted by Crippen LogP contribution is 2.19.